The number of aromatic nitrogens is 1. The van der Waals surface area contributed by atoms with E-state index in [-0.39, 0.29) is 0 Å². The van der Waals surface area contributed by atoms with Crippen LogP contribution in [0.3, 0.4) is 0 Å². The second kappa shape index (κ2) is 10.6. The Labute approximate surface area is 169 Å². The fraction of sp³-hybridized carbons (Fsp3) is 0.714. The van der Waals surface area contributed by atoms with E-state index in [1.165, 1.54) is 12.8 Å². The number of nitrogens with zero attached hydrogens (tertiary/aromatic N) is 5. The third-order valence-electron chi connectivity index (χ3n) is 5.37. The van der Waals surface area contributed by atoms with Crippen molar-refractivity contribution in [3.63, 3.8) is 0 Å². The van der Waals surface area contributed by atoms with Crippen LogP contribution in [0.5, 0.6) is 0 Å². The molecule has 1 aliphatic heterocycles. The highest BCUT2D eigenvalue weighted by Gasteiger charge is 2.21. The maximum Gasteiger partial charge on any atom is 0.194 e. The van der Waals surface area contributed by atoms with Crippen molar-refractivity contribution in [1.82, 2.24) is 20.1 Å². The maximum absolute atomic E-state index is 5.75. The van der Waals surface area contributed by atoms with Crippen LogP contribution in [0.25, 0.3) is 0 Å². The zero-order valence-electron chi connectivity index (χ0n) is 17.7. The van der Waals surface area contributed by atoms with Crippen LogP contribution in [0.1, 0.15) is 25.3 Å². The molecule has 1 saturated heterocycles. The molecule has 1 aliphatic carbocycles. The molecular formula is C21H36N6O. The lowest BCUT2D eigenvalue weighted by Crippen LogP contribution is -2.44. The summed E-state index contributed by atoms with van der Waals surface area (Å²) in [5.41, 5.74) is 1.13. The Morgan fingerprint density at radius 2 is 2.07 bits per heavy atom. The quantitative estimate of drug-likeness (QED) is 0.394. The number of nitrogens with one attached hydrogen (secondary N) is 1. The van der Waals surface area contributed by atoms with Crippen LogP contribution in [0, 0.1) is 5.92 Å². The van der Waals surface area contributed by atoms with E-state index in [2.05, 4.69) is 58.2 Å². The number of rotatable bonds is 9. The van der Waals surface area contributed by atoms with Gasteiger partial charge in [0, 0.05) is 59.1 Å². The summed E-state index contributed by atoms with van der Waals surface area (Å²) in [5, 5.41) is 3.37. The first-order chi connectivity index (χ1) is 13.7. The first kappa shape index (κ1) is 20.9. The topological polar surface area (TPSA) is 56.2 Å². The second-order valence-corrected chi connectivity index (χ2v) is 7.92. The van der Waals surface area contributed by atoms with Gasteiger partial charge < -0.3 is 24.8 Å². The summed E-state index contributed by atoms with van der Waals surface area (Å²) < 4.78 is 5.75. The molecule has 0 amide bonds. The summed E-state index contributed by atoms with van der Waals surface area (Å²) in [6, 6.07) is 4.27. The molecule has 7 nitrogen and oxygen atoms in total. The largest absolute Gasteiger partial charge is 0.379 e. The molecule has 0 spiro atoms. The highest BCUT2D eigenvalue weighted by Crippen LogP contribution is 2.28. The molecule has 28 heavy (non-hydrogen) atoms. The van der Waals surface area contributed by atoms with Crippen LogP contribution in [-0.4, -0.2) is 87.3 Å². The van der Waals surface area contributed by atoms with Gasteiger partial charge in [0.25, 0.3) is 0 Å². The molecule has 0 atom stereocenters. The van der Waals surface area contributed by atoms with E-state index in [4.69, 9.17) is 9.73 Å². The normalized spacial score (nSPS) is 18.4. The van der Waals surface area contributed by atoms with Crippen molar-refractivity contribution in [2.45, 2.75) is 26.3 Å². The summed E-state index contributed by atoms with van der Waals surface area (Å²) >= 11 is 0. The predicted molar refractivity (Wildman–Crippen MR) is 115 cm³/mol. The van der Waals surface area contributed by atoms with E-state index in [1.54, 1.807) is 0 Å². The third-order valence-corrected chi connectivity index (χ3v) is 5.37. The Balaban J connectivity index is 1.48. The molecule has 1 aromatic rings. The summed E-state index contributed by atoms with van der Waals surface area (Å²) in [6.45, 7) is 10.4. The summed E-state index contributed by atoms with van der Waals surface area (Å²) in [6.07, 6.45) is 4.63. The van der Waals surface area contributed by atoms with Gasteiger partial charge in [-0.15, -0.1) is 0 Å². The lowest BCUT2D eigenvalue weighted by atomic mass is 10.2. The van der Waals surface area contributed by atoms with E-state index in [0.717, 1.165) is 75.7 Å². The molecule has 2 heterocycles. The van der Waals surface area contributed by atoms with Crippen molar-refractivity contribution in [3.05, 3.63) is 23.9 Å². The number of pyridine rings is 1. The van der Waals surface area contributed by atoms with Crippen molar-refractivity contribution in [3.8, 4) is 0 Å². The number of anilines is 1. The predicted octanol–water partition coefficient (Wildman–Crippen LogP) is 1.66. The number of likely N-dealkylation sites (N-methyl/N-ethyl adjacent to an activating group) is 2. The van der Waals surface area contributed by atoms with Gasteiger partial charge in [-0.25, -0.2) is 9.98 Å². The lowest BCUT2D eigenvalue weighted by Gasteiger charge is -2.33. The van der Waals surface area contributed by atoms with Gasteiger partial charge in [0.1, 0.15) is 5.82 Å². The van der Waals surface area contributed by atoms with Gasteiger partial charge in [-0.3, -0.25) is 0 Å². The summed E-state index contributed by atoms with van der Waals surface area (Å²) in [4.78, 5) is 16.3. The molecule has 0 radical (unpaired) electrons. The minimum atomic E-state index is 0.631. The van der Waals surface area contributed by atoms with Crippen molar-refractivity contribution < 1.29 is 4.74 Å². The Morgan fingerprint density at radius 3 is 2.71 bits per heavy atom. The van der Waals surface area contributed by atoms with E-state index in [9.17, 15) is 0 Å². The number of ether oxygens (including phenoxy) is 1. The smallest absolute Gasteiger partial charge is 0.194 e. The number of hydrogen-bond acceptors (Lipinski definition) is 5. The Hall–Kier alpha value is -1.86. The minimum Gasteiger partial charge on any atom is -0.379 e. The molecular weight excluding hydrogens is 352 g/mol. The molecule has 0 unspecified atom stereocenters. The molecule has 1 saturated carbocycles. The standard InChI is InChI=1S/C21H36N6O/c1-4-22-21(26(3)13-14-28-17-18-5-6-18)24-16-19-7-8-20(23-15-19)27-11-9-25(2)10-12-27/h7-8,15,18H,4-6,9-14,16-17H2,1-3H3,(H,22,24). The Kier molecular flexibility index (Phi) is 7.91. The number of hydrogen-bond donors (Lipinski definition) is 1. The van der Waals surface area contributed by atoms with Gasteiger partial charge in [0.15, 0.2) is 5.96 Å². The Morgan fingerprint density at radius 1 is 1.29 bits per heavy atom. The average Bonchev–Trinajstić information content (AvgIpc) is 3.54. The molecule has 7 heteroatoms. The lowest BCUT2D eigenvalue weighted by molar-refractivity contribution is 0.115. The van der Waals surface area contributed by atoms with Crippen LogP contribution in [-0.2, 0) is 11.3 Å². The first-order valence-corrected chi connectivity index (χ1v) is 10.6. The van der Waals surface area contributed by atoms with Crippen LogP contribution in [0.2, 0.25) is 0 Å². The van der Waals surface area contributed by atoms with Gasteiger partial charge in [-0.1, -0.05) is 6.07 Å². The van der Waals surface area contributed by atoms with Crippen LogP contribution >= 0.6 is 0 Å². The third kappa shape index (κ3) is 6.63. The summed E-state index contributed by atoms with van der Waals surface area (Å²) in [5.74, 6) is 2.80. The molecule has 0 aromatic carbocycles. The molecule has 156 valence electrons. The summed E-state index contributed by atoms with van der Waals surface area (Å²) in [7, 11) is 4.24. The fourth-order valence-electron chi connectivity index (χ4n) is 3.21. The van der Waals surface area contributed by atoms with Gasteiger partial charge >= 0.3 is 0 Å². The maximum atomic E-state index is 5.75. The van der Waals surface area contributed by atoms with Crippen molar-refractivity contribution in [2.75, 3.05) is 71.5 Å². The molecule has 2 aliphatic rings. The highest BCUT2D eigenvalue weighted by molar-refractivity contribution is 5.79. The first-order valence-electron chi connectivity index (χ1n) is 10.6. The van der Waals surface area contributed by atoms with Gasteiger partial charge in [-0.2, -0.15) is 0 Å². The Bertz CT molecular complexity index is 608. The van der Waals surface area contributed by atoms with Crippen LogP contribution in [0.4, 0.5) is 5.82 Å². The van der Waals surface area contributed by atoms with Gasteiger partial charge in [0.2, 0.25) is 0 Å². The number of piperazine rings is 1. The van der Waals surface area contributed by atoms with Crippen molar-refractivity contribution in [2.24, 2.45) is 10.9 Å². The fourth-order valence-corrected chi connectivity index (χ4v) is 3.21. The van der Waals surface area contributed by atoms with E-state index < -0.39 is 0 Å². The monoisotopic (exact) mass is 388 g/mol. The van der Waals surface area contributed by atoms with Crippen molar-refractivity contribution >= 4 is 11.8 Å². The van der Waals surface area contributed by atoms with E-state index >= 15 is 0 Å². The van der Waals surface area contributed by atoms with E-state index in [0.29, 0.717) is 6.54 Å². The van der Waals surface area contributed by atoms with Gasteiger partial charge in [-0.05, 0) is 44.4 Å². The SMILES string of the molecule is CCNC(=NCc1ccc(N2CCN(C)CC2)nc1)N(C)CCOCC1CC1. The van der Waals surface area contributed by atoms with Crippen LogP contribution < -0.4 is 10.2 Å². The minimum absolute atomic E-state index is 0.631. The number of aliphatic imine (C=N–C) groups is 1. The van der Waals surface area contributed by atoms with E-state index in [1.807, 2.05) is 6.20 Å². The number of guanidine groups is 1. The zero-order valence-corrected chi connectivity index (χ0v) is 17.7. The molecule has 2 fully saturated rings. The van der Waals surface area contributed by atoms with Gasteiger partial charge in [0.05, 0.1) is 13.2 Å². The molecule has 1 N–H and O–H groups in total. The van der Waals surface area contributed by atoms with Crippen molar-refractivity contribution in [1.29, 1.82) is 0 Å². The molecule has 0 bridgehead atoms. The molecule has 1 aromatic heterocycles. The second-order valence-electron chi connectivity index (χ2n) is 7.92. The average molecular weight is 389 g/mol. The molecule has 3 rings (SSSR count). The van der Waals surface area contributed by atoms with Crippen LogP contribution in [0.15, 0.2) is 23.3 Å². The zero-order chi connectivity index (χ0) is 19.8. The highest BCUT2D eigenvalue weighted by atomic mass is 16.5.